The Morgan fingerprint density at radius 2 is 1.35 bits per heavy atom. The van der Waals surface area contributed by atoms with Crippen molar-refractivity contribution in [2.24, 2.45) is 5.92 Å². The molecule has 3 saturated heterocycles. The Morgan fingerprint density at radius 1 is 0.783 bits per heavy atom. The van der Waals surface area contributed by atoms with E-state index in [4.69, 9.17) is 32.7 Å². The molecule has 360 valence electrons. The molecule has 1 unspecified atom stereocenters. The molecule has 1 aromatic heterocycles. The number of carbonyl (C=O) groups is 1. The third-order valence-electron chi connectivity index (χ3n) is 13.9. The molecule has 1 N–H and O–H groups in total. The molecule has 0 bridgehead atoms. The first-order valence-electron chi connectivity index (χ1n) is 23.6. The number of anilines is 1. The number of rotatable bonds is 18. The highest BCUT2D eigenvalue weighted by Gasteiger charge is 2.55. The first kappa shape index (κ1) is 48.5. The Kier molecular flexibility index (Phi) is 14.9. The molecule has 4 heterocycles. The zero-order chi connectivity index (χ0) is 48.1. The largest absolute Gasteiger partial charge is 0.497 e. The average molecular weight is 969 g/mol. The van der Waals surface area contributed by atoms with Crippen molar-refractivity contribution in [3.63, 3.8) is 0 Å². The third kappa shape index (κ3) is 9.82. The molecule has 0 saturated carbocycles. The summed E-state index contributed by atoms with van der Waals surface area (Å²) in [6.07, 6.45) is 0.170. The number of hydrogen-bond acceptors (Lipinski definition) is 11. The van der Waals surface area contributed by atoms with Crippen LogP contribution in [0.15, 0.2) is 157 Å². The minimum absolute atomic E-state index is 0.00170. The number of ether oxygens (including phenoxy) is 5. The van der Waals surface area contributed by atoms with Crippen LogP contribution in [0.2, 0.25) is 12.6 Å². The lowest BCUT2D eigenvalue weighted by Gasteiger charge is -2.37. The van der Waals surface area contributed by atoms with Crippen LogP contribution < -0.4 is 30.9 Å². The van der Waals surface area contributed by atoms with E-state index in [2.05, 4.69) is 94.3 Å². The van der Waals surface area contributed by atoms with Gasteiger partial charge in [0.15, 0.2) is 6.23 Å². The number of nitrogens with one attached hydrogen (secondary N) is 1. The Hall–Kier alpha value is -5.54. The fraction of sp³-hybridized carbons (Fsp3) is 0.352. The van der Waals surface area contributed by atoms with Crippen LogP contribution >= 0.6 is 8.53 Å². The summed E-state index contributed by atoms with van der Waals surface area (Å²) in [6.45, 7) is 6.83. The van der Waals surface area contributed by atoms with Crippen LogP contribution in [-0.2, 0) is 33.7 Å². The van der Waals surface area contributed by atoms with Crippen LogP contribution in [0.5, 0.6) is 11.5 Å². The van der Waals surface area contributed by atoms with E-state index in [9.17, 15) is 9.59 Å². The van der Waals surface area contributed by atoms with E-state index in [1.165, 1.54) is 14.9 Å². The van der Waals surface area contributed by atoms with Crippen molar-refractivity contribution in [2.75, 3.05) is 39.8 Å². The van der Waals surface area contributed by atoms with Gasteiger partial charge in [-0.25, -0.2) is 9.46 Å². The molecule has 1 amide bonds. The molecule has 69 heavy (non-hydrogen) atoms. The highest BCUT2D eigenvalue weighted by molar-refractivity contribution is 7.45. The molecule has 3 aliphatic rings. The maximum atomic E-state index is 14.0. The Balaban J connectivity index is 1.09. The molecular weight excluding hydrogens is 908 g/mol. The third-order valence-corrected chi connectivity index (χ3v) is 20.1. The van der Waals surface area contributed by atoms with Gasteiger partial charge in [0, 0.05) is 31.8 Å². The fourth-order valence-corrected chi connectivity index (χ4v) is 16.0. The van der Waals surface area contributed by atoms with Gasteiger partial charge in [0.1, 0.15) is 49.3 Å². The molecule has 3 fully saturated rings. The van der Waals surface area contributed by atoms with Crippen LogP contribution in [0.4, 0.5) is 5.82 Å². The molecule has 0 spiro atoms. The van der Waals surface area contributed by atoms with Crippen LogP contribution in [0.1, 0.15) is 49.6 Å². The number of fused-ring (bicyclic) bond motifs is 1. The number of hydrogen-bond donors (Lipinski definition) is 1. The van der Waals surface area contributed by atoms with Gasteiger partial charge in [-0.2, -0.15) is 4.98 Å². The van der Waals surface area contributed by atoms with E-state index in [-0.39, 0.29) is 36.4 Å². The minimum atomic E-state index is -2.31. The molecule has 9 rings (SSSR count). The monoisotopic (exact) mass is 968 g/mol. The van der Waals surface area contributed by atoms with E-state index < -0.39 is 52.4 Å². The van der Waals surface area contributed by atoms with Gasteiger partial charge in [-0.05, 0) is 65.9 Å². The maximum Gasteiger partial charge on any atom is 0.351 e. The van der Waals surface area contributed by atoms with Crippen LogP contribution in [0.3, 0.4) is 0 Å². The second kappa shape index (κ2) is 21.2. The molecular formula is C54H61N4O9PSi. The summed E-state index contributed by atoms with van der Waals surface area (Å²) in [7, 11) is 0.950. The Bertz CT molecular complexity index is 2610. The summed E-state index contributed by atoms with van der Waals surface area (Å²) in [6, 6.07) is 50.2. The lowest BCUT2D eigenvalue weighted by atomic mass is 9.80. The molecule has 15 heteroatoms. The molecule has 7 atom stereocenters. The van der Waals surface area contributed by atoms with Gasteiger partial charge >= 0.3 is 5.69 Å². The van der Waals surface area contributed by atoms with Crippen molar-refractivity contribution >= 4 is 38.7 Å². The first-order valence-corrected chi connectivity index (χ1v) is 27.5. The van der Waals surface area contributed by atoms with Gasteiger partial charge in [-0.15, -0.1) is 0 Å². The van der Waals surface area contributed by atoms with Gasteiger partial charge < -0.3 is 38.0 Å². The van der Waals surface area contributed by atoms with Crippen molar-refractivity contribution < 1.29 is 37.5 Å². The number of methoxy groups -OCH3 is 3. The highest BCUT2D eigenvalue weighted by Crippen LogP contribution is 2.59. The zero-order valence-electron chi connectivity index (χ0n) is 40.0. The number of benzene rings is 5. The molecule has 0 radical (unpaired) electrons. The lowest BCUT2D eigenvalue weighted by Crippen LogP contribution is -2.58. The minimum Gasteiger partial charge on any atom is -0.497 e. The highest BCUT2D eigenvalue weighted by atomic mass is 31.2. The predicted octanol–water partition coefficient (Wildman–Crippen LogP) is 8.14. The summed E-state index contributed by atoms with van der Waals surface area (Å²) >= 11 is 0. The molecule has 5 aromatic carbocycles. The van der Waals surface area contributed by atoms with Gasteiger partial charge in [0.2, 0.25) is 5.91 Å². The number of nitrogens with zero attached hydrogens (tertiary/aromatic N) is 3. The van der Waals surface area contributed by atoms with Crippen molar-refractivity contribution in [1.29, 1.82) is 0 Å². The quantitative estimate of drug-likeness (QED) is 0.0509. The number of amides is 1. The van der Waals surface area contributed by atoms with Gasteiger partial charge in [0.25, 0.3) is 8.53 Å². The Morgan fingerprint density at radius 3 is 1.88 bits per heavy atom. The van der Waals surface area contributed by atoms with Gasteiger partial charge in [-0.1, -0.05) is 146 Å². The maximum absolute atomic E-state index is 14.0. The SMILES string of the molecule is COc1ccc(C(OC[C@H]2O[C@@H](n3ccc(NC(=O)C(C)C)nc3=O)C(OC)[C@H]2O[P@]2O[C@@H](C[Si](C)(c3ccccc3)c3ccccc3)[C@H]3CCCN32)(c2ccccc2)c2ccc(OC)cc2)cc1. The van der Waals surface area contributed by atoms with E-state index >= 15 is 0 Å². The van der Waals surface area contributed by atoms with Gasteiger partial charge in [0.05, 0.1) is 26.9 Å². The number of aromatic nitrogens is 2. The average Bonchev–Trinajstić information content (AvgIpc) is 4.10. The van der Waals surface area contributed by atoms with E-state index in [1.807, 2.05) is 66.7 Å². The van der Waals surface area contributed by atoms with Crippen molar-refractivity contribution in [3.8, 4) is 11.5 Å². The number of carbonyl (C=O) groups excluding carboxylic acids is 1. The van der Waals surface area contributed by atoms with Crippen molar-refractivity contribution in [1.82, 2.24) is 14.2 Å². The zero-order valence-corrected chi connectivity index (χ0v) is 41.9. The summed E-state index contributed by atoms with van der Waals surface area (Å²) < 4.78 is 50.3. The molecule has 13 nitrogen and oxygen atoms in total. The normalized spacial score (nSPS) is 22.7. The molecule has 0 aliphatic carbocycles. The topological polar surface area (TPSA) is 132 Å². The van der Waals surface area contributed by atoms with E-state index in [0.29, 0.717) is 11.5 Å². The van der Waals surface area contributed by atoms with Crippen LogP contribution in [-0.4, -0.2) is 93.1 Å². The van der Waals surface area contributed by atoms with Crippen molar-refractivity contribution in [3.05, 3.63) is 179 Å². The van der Waals surface area contributed by atoms with E-state index in [0.717, 1.165) is 42.1 Å². The standard InChI is InChI=1S/C54H61N4O9PSi/c1-37(2)51(59)55-48-32-34-57(53(60)56-48)52-50(63-5)49(67-68-58-33-16-23-45(58)47(66-68)36-69(6,43-19-12-8-13-20-43)44-21-14-9-15-22-44)46(65-52)35-64-54(38-17-10-7-11-18-38,39-24-28-41(61-3)29-25-39)40-26-30-42(62-4)31-27-40/h7-15,17-22,24-32,34,37,45-47,49-50,52H,16,23,33,35-36H2,1-6H3,(H,55,56,59,60)/t45-,46-,47+,49+,50?,52-,68+/m1/s1. The molecule has 3 aliphatic heterocycles. The summed E-state index contributed by atoms with van der Waals surface area (Å²) in [5, 5.41) is 5.45. The predicted molar refractivity (Wildman–Crippen MR) is 270 cm³/mol. The van der Waals surface area contributed by atoms with Crippen LogP contribution in [0.25, 0.3) is 0 Å². The van der Waals surface area contributed by atoms with Gasteiger partial charge in [-0.3, -0.25) is 9.36 Å². The summed E-state index contributed by atoms with van der Waals surface area (Å²) in [5.41, 5.74) is 0.792. The van der Waals surface area contributed by atoms with Crippen molar-refractivity contribution in [2.45, 2.75) is 81.6 Å². The van der Waals surface area contributed by atoms with Crippen LogP contribution in [0, 0.1) is 5.92 Å². The van der Waals surface area contributed by atoms with E-state index in [1.54, 1.807) is 47.4 Å². The second-order valence-corrected chi connectivity index (χ2v) is 24.0. The smallest absolute Gasteiger partial charge is 0.351 e. The first-order chi connectivity index (χ1) is 33.6. The summed E-state index contributed by atoms with van der Waals surface area (Å²) in [4.78, 5) is 30.8. The second-order valence-electron chi connectivity index (χ2n) is 18.3. The molecule has 6 aromatic rings. The fourth-order valence-electron chi connectivity index (χ4n) is 10.1. The lowest BCUT2D eigenvalue weighted by molar-refractivity contribution is -0.118. The Labute approximate surface area is 406 Å². The summed E-state index contributed by atoms with van der Waals surface area (Å²) in [5.74, 6) is 1.01.